The van der Waals surface area contributed by atoms with Gasteiger partial charge in [-0.1, -0.05) is 24.3 Å². The number of nitrogens with zero attached hydrogens (tertiary/aromatic N) is 4. The highest BCUT2D eigenvalue weighted by atomic mass is 79.9. The van der Waals surface area contributed by atoms with Crippen molar-refractivity contribution in [2.24, 2.45) is 5.92 Å². The van der Waals surface area contributed by atoms with Gasteiger partial charge in [0.2, 0.25) is 10.0 Å². The summed E-state index contributed by atoms with van der Waals surface area (Å²) in [5.41, 5.74) is 2.26. The van der Waals surface area contributed by atoms with Gasteiger partial charge >= 0.3 is 12.1 Å². The molecule has 0 bridgehead atoms. The molecule has 2 aromatic carbocycles. The van der Waals surface area contributed by atoms with Crippen LogP contribution in [0.5, 0.6) is 5.75 Å². The lowest BCUT2D eigenvalue weighted by Crippen LogP contribution is -2.54. The number of halogens is 1. The zero-order valence-corrected chi connectivity index (χ0v) is 31.6. The van der Waals surface area contributed by atoms with Crippen molar-refractivity contribution in [1.29, 1.82) is 0 Å². The van der Waals surface area contributed by atoms with Gasteiger partial charge in [0.05, 0.1) is 16.3 Å². The number of hydrogen-bond donors (Lipinski definition) is 3. The van der Waals surface area contributed by atoms with Crippen molar-refractivity contribution < 1.29 is 37.8 Å². The van der Waals surface area contributed by atoms with Crippen molar-refractivity contribution in [3.8, 4) is 5.75 Å². The smallest absolute Gasteiger partial charge is 0.410 e. The number of amides is 4. The largest absolute Gasteiger partial charge is 0.507 e. The number of carbonyl (C=O) groups is 3. The minimum atomic E-state index is -3.32. The second-order valence-electron chi connectivity index (χ2n) is 14.4. The number of anilines is 1. The minimum absolute atomic E-state index is 0.0344. The van der Waals surface area contributed by atoms with Crippen LogP contribution in [0.15, 0.2) is 40.9 Å². The fourth-order valence-electron chi connectivity index (χ4n) is 8.07. The molecule has 16 heteroatoms. The van der Waals surface area contributed by atoms with Crippen LogP contribution in [0.25, 0.3) is 0 Å². The van der Waals surface area contributed by atoms with Crippen LogP contribution >= 0.6 is 15.9 Å². The van der Waals surface area contributed by atoms with E-state index in [1.165, 1.54) is 10.6 Å². The monoisotopic (exact) mass is 787 g/mol. The van der Waals surface area contributed by atoms with Crippen LogP contribution in [0, 0.1) is 5.92 Å². The van der Waals surface area contributed by atoms with Crippen molar-refractivity contribution in [3.05, 3.63) is 52.0 Å². The molecule has 0 aliphatic carbocycles. The molecule has 0 saturated carbocycles. The van der Waals surface area contributed by atoms with E-state index in [2.05, 4.69) is 21.2 Å². The molecule has 0 radical (unpaired) electrons. The van der Waals surface area contributed by atoms with Gasteiger partial charge in [0.1, 0.15) is 13.6 Å². The van der Waals surface area contributed by atoms with E-state index >= 15 is 0 Å². The first-order chi connectivity index (χ1) is 24.2. The van der Waals surface area contributed by atoms with E-state index in [4.69, 9.17) is 4.74 Å². The van der Waals surface area contributed by atoms with Gasteiger partial charge in [-0.3, -0.25) is 4.79 Å². The second kappa shape index (κ2) is 15.3. The fraction of sp³-hybridized carbons (Fsp3) is 0.571. The molecule has 4 amide bonds. The van der Waals surface area contributed by atoms with Crippen LogP contribution in [0.2, 0.25) is 0 Å². The number of sulfonamides is 1. The number of aromatic hydroxyl groups is 1. The van der Waals surface area contributed by atoms with Crippen LogP contribution in [0.1, 0.15) is 49.7 Å². The number of likely N-dealkylation sites (tertiary alicyclic amines) is 2. The number of phenolic OH excluding ortho intramolecular Hbond substituents is 1. The van der Waals surface area contributed by atoms with Gasteiger partial charge in [0.25, 0.3) is 5.91 Å². The molecule has 2 aromatic rings. The maximum Gasteiger partial charge on any atom is 0.410 e. The number of benzene rings is 2. The van der Waals surface area contributed by atoms with Gasteiger partial charge in [0, 0.05) is 64.0 Å². The van der Waals surface area contributed by atoms with Crippen LogP contribution in [0.3, 0.4) is 0 Å². The van der Waals surface area contributed by atoms with Crippen molar-refractivity contribution in [1.82, 2.24) is 19.0 Å². The quantitative estimate of drug-likeness (QED) is 0.360. The number of hydrogen-bond acceptors (Lipinski definition) is 8. The lowest BCUT2D eigenvalue weighted by atomic mass is 9.75. The maximum atomic E-state index is 14.1. The molecule has 3 fully saturated rings. The number of piperidine rings is 3. The summed E-state index contributed by atoms with van der Waals surface area (Å²) in [6, 6.07) is 11.1. The first kappa shape index (κ1) is 37.4. The molecule has 276 valence electrons. The standard InChI is InChI=1S/C35H47BBrN5O8S/c1-51(48,49)41-18-11-35(47,12-19-41)25-7-13-39(14-8-25)32(44)30(22-23-20-27(36)31(43)28(37)21-23)50-34(46)40-15-9-26(10-16-40)42-17-6-24-4-2-3-5-29(24)38-33(42)45/h2-5,20-21,25-26,30,43,47H,6-19,22,36H2,1H3,(H,38,45)/t30-/m1/s1. The molecule has 3 saturated heterocycles. The molecule has 0 aromatic heterocycles. The Morgan fingerprint density at radius 3 is 2.31 bits per heavy atom. The first-order valence-corrected chi connectivity index (χ1v) is 20.4. The molecule has 4 aliphatic heterocycles. The van der Waals surface area contributed by atoms with Gasteiger partial charge in [-0.15, -0.1) is 0 Å². The molecule has 3 N–H and O–H groups in total. The average Bonchev–Trinajstić information content (AvgIpc) is 3.28. The Morgan fingerprint density at radius 2 is 1.67 bits per heavy atom. The SMILES string of the molecule is Bc1cc(C[C@@H](OC(=O)N2CCC(N3CCc4ccccc4NC3=O)CC2)C(=O)N2CCC(C3(O)CCN(S(C)(=O)=O)CC3)CC2)cc(Br)c1O. The Balaban J connectivity index is 1.08. The predicted octanol–water partition coefficient (Wildman–Crippen LogP) is 2.04. The average molecular weight is 789 g/mol. The van der Waals surface area contributed by atoms with E-state index in [9.17, 15) is 33.0 Å². The van der Waals surface area contributed by atoms with Gasteiger partial charge in [-0.05, 0) is 95.5 Å². The summed E-state index contributed by atoms with van der Waals surface area (Å²) in [6.45, 7) is 2.64. The summed E-state index contributed by atoms with van der Waals surface area (Å²) in [4.78, 5) is 45.9. The van der Waals surface area contributed by atoms with Gasteiger partial charge in [-0.25, -0.2) is 22.3 Å². The zero-order valence-electron chi connectivity index (χ0n) is 29.2. The lowest BCUT2D eigenvalue weighted by molar-refractivity contribution is -0.145. The zero-order chi connectivity index (χ0) is 36.5. The maximum absolute atomic E-state index is 14.1. The molecule has 4 heterocycles. The number of fused-ring (bicyclic) bond motifs is 1. The van der Waals surface area contributed by atoms with Crippen LogP contribution in [0.4, 0.5) is 15.3 Å². The summed E-state index contributed by atoms with van der Waals surface area (Å²) in [5.74, 6) is -0.300. The number of nitrogens with one attached hydrogen (secondary N) is 1. The molecule has 1 atom stereocenters. The number of urea groups is 1. The van der Waals surface area contributed by atoms with Crippen molar-refractivity contribution in [3.63, 3.8) is 0 Å². The van der Waals surface area contributed by atoms with E-state index in [-0.39, 0.29) is 49.2 Å². The number of para-hydroxylation sites is 1. The summed E-state index contributed by atoms with van der Waals surface area (Å²) in [6.07, 6.45) is 3.30. The van der Waals surface area contributed by atoms with E-state index in [0.29, 0.717) is 81.2 Å². The number of rotatable bonds is 7. The second-order valence-corrected chi connectivity index (χ2v) is 17.3. The van der Waals surface area contributed by atoms with Crippen molar-refractivity contribution >= 4 is 63.0 Å². The van der Waals surface area contributed by atoms with E-state index in [0.717, 1.165) is 23.2 Å². The Bertz CT molecular complexity index is 1720. The Labute approximate surface area is 308 Å². The number of carbonyl (C=O) groups excluding carboxylic acids is 3. The van der Waals surface area contributed by atoms with Crippen molar-refractivity contribution in [2.45, 2.75) is 69.1 Å². The van der Waals surface area contributed by atoms with Crippen LogP contribution in [-0.4, -0.2) is 133 Å². The first-order valence-electron chi connectivity index (χ1n) is 17.8. The van der Waals surface area contributed by atoms with E-state index in [1.807, 2.05) is 29.2 Å². The van der Waals surface area contributed by atoms with Gasteiger partial charge in [-0.2, -0.15) is 0 Å². The highest BCUT2D eigenvalue weighted by Gasteiger charge is 2.44. The minimum Gasteiger partial charge on any atom is -0.507 e. The Kier molecular flexibility index (Phi) is 11.3. The summed E-state index contributed by atoms with van der Waals surface area (Å²) in [5, 5.41) is 24.8. The Hall–Kier alpha value is -3.34. The molecule has 13 nitrogen and oxygen atoms in total. The molecule has 6 rings (SSSR count). The molecule has 0 unspecified atom stereocenters. The highest BCUT2D eigenvalue weighted by molar-refractivity contribution is 9.10. The third-order valence-electron chi connectivity index (χ3n) is 11.2. The highest BCUT2D eigenvalue weighted by Crippen LogP contribution is 2.37. The predicted molar refractivity (Wildman–Crippen MR) is 198 cm³/mol. The summed E-state index contributed by atoms with van der Waals surface area (Å²) < 4.78 is 31.9. The molecule has 51 heavy (non-hydrogen) atoms. The molecular formula is C35H47BBrN5O8S. The lowest BCUT2D eigenvalue weighted by Gasteiger charge is -2.45. The molecular weight excluding hydrogens is 741 g/mol. The number of phenols is 1. The van der Waals surface area contributed by atoms with Crippen LogP contribution in [-0.2, 0) is 32.4 Å². The molecule has 0 spiro atoms. The summed E-state index contributed by atoms with van der Waals surface area (Å²) in [7, 11) is -1.56. The third-order valence-corrected chi connectivity index (χ3v) is 13.1. The molecule has 4 aliphatic rings. The third kappa shape index (κ3) is 8.50. The normalized spacial score (nSPS) is 21.4. The van der Waals surface area contributed by atoms with Gasteiger partial charge < -0.3 is 35.0 Å². The van der Waals surface area contributed by atoms with Crippen molar-refractivity contribution in [2.75, 3.05) is 57.4 Å². The van der Waals surface area contributed by atoms with E-state index < -0.39 is 27.8 Å². The fourth-order valence-corrected chi connectivity index (χ4v) is 9.52. The van der Waals surface area contributed by atoms with Crippen LogP contribution < -0.4 is 10.8 Å². The summed E-state index contributed by atoms with van der Waals surface area (Å²) >= 11 is 3.38. The van der Waals surface area contributed by atoms with Gasteiger partial charge in [0.15, 0.2) is 6.10 Å². The topological polar surface area (TPSA) is 160 Å². The number of aliphatic hydroxyl groups is 1. The Morgan fingerprint density at radius 1 is 1.02 bits per heavy atom. The van der Waals surface area contributed by atoms with E-state index in [1.54, 1.807) is 29.8 Å². The number of ether oxygens (including phenoxy) is 1.